The lowest BCUT2D eigenvalue weighted by Crippen LogP contribution is -2.22. The zero-order chi connectivity index (χ0) is 17.9. The fourth-order valence-electron chi connectivity index (χ4n) is 3.26. The van der Waals surface area contributed by atoms with Crippen molar-refractivity contribution < 1.29 is 4.74 Å². The van der Waals surface area contributed by atoms with Gasteiger partial charge in [-0.25, -0.2) is 4.98 Å². The second-order valence-corrected chi connectivity index (χ2v) is 7.51. The van der Waals surface area contributed by atoms with Crippen LogP contribution in [0.5, 0.6) is 0 Å². The molecule has 134 valence electrons. The molecule has 0 spiro atoms. The Morgan fingerprint density at radius 1 is 1.19 bits per heavy atom. The Balaban J connectivity index is 1.79. The van der Waals surface area contributed by atoms with E-state index in [0.717, 1.165) is 48.0 Å². The van der Waals surface area contributed by atoms with E-state index in [4.69, 9.17) is 9.72 Å². The summed E-state index contributed by atoms with van der Waals surface area (Å²) in [5, 5.41) is 1.38. The van der Waals surface area contributed by atoms with Crippen molar-refractivity contribution >= 4 is 22.7 Å². The van der Waals surface area contributed by atoms with Crippen LogP contribution < -0.4 is 5.56 Å². The molecular formula is C21H22N2O2S. The van der Waals surface area contributed by atoms with Gasteiger partial charge in [0.15, 0.2) is 5.16 Å². The predicted octanol–water partition coefficient (Wildman–Crippen LogP) is 4.22. The van der Waals surface area contributed by atoms with Crippen molar-refractivity contribution in [1.82, 2.24) is 9.55 Å². The molecule has 3 aromatic rings. The Bertz CT molecular complexity index is 960. The van der Waals surface area contributed by atoms with Gasteiger partial charge in [0, 0.05) is 12.4 Å². The van der Waals surface area contributed by atoms with Crippen LogP contribution in [-0.4, -0.2) is 28.0 Å². The maximum Gasteiger partial charge on any atom is 0.266 e. The molecule has 5 heteroatoms. The number of rotatable bonds is 5. The zero-order valence-electron chi connectivity index (χ0n) is 14.9. The van der Waals surface area contributed by atoms with Crippen LogP contribution in [-0.2, 0) is 11.2 Å². The van der Waals surface area contributed by atoms with Gasteiger partial charge in [-0.05, 0) is 49.1 Å². The van der Waals surface area contributed by atoms with Gasteiger partial charge >= 0.3 is 0 Å². The smallest absolute Gasteiger partial charge is 0.266 e. The lowest BCUT2D eigenvalue weighted by atomic mass is 10.1. The van der Waals surface area contributed by atoms with Crippen molar-refractivity contribution in [3.8, 4) is 5.69 Å². The summed E-state index contributed by atoms with van der Waals surface area (Å²) in [7, 11) is 0. The monoisotopic (exact) mass is 366 g/mol. The number of benzene rings is 2. The fourth-order valence-corrected chi connectivity index (χ4v) is 4.34. The number of nitrogens with zero attached hydrogens (tertiary/aromatic N) is 2. The number of para-hydroxylation sites is 1. The molecule has 2 aromatic carbocycles. The summed E-state index contributed by atoms with van der Waals surface area (Å²) in [5.41, 5.74) is 2.84. The van der Waals surface area contributed by atoms with Crippen molar-refractivity contribution in [2.75, 3.05) is 12.4 Å². The van der Waals surface area contributed by atoms with Crippen LogP contribution in [0.15, 0.2) is 58.5 Å². The van der Waals surface area contributed by atoms with Gasteiger partial charge in [0.25, 0.3) is 5.56 Å². The van der Waals surface area contributed by atoms with E-state index in [-0.39, 0.29) is 11.7 Å². The van der Waals surface area contributed by atoms with Crippen molar-refractivity contribution in [3.05, 3.63) is 64.4 Å². The molecule has 1 aromatic heterocycles. The van der Waals surface area contributed by atoms with E-state index in [1.807, 2.05) is 36.4 Å². The molecule has 0 unspecified atom stereocenters. The first-order valence-corrected chi connectivity index (χ1v) is 10.1. The van der Waals surface area contributed by atoms with E-state index in [1.54, 1.807) is 16.3 Å². The Hall–Kier alpha value is -2.11. The van der Waals surface area contributed by atoms with Gasteiger partial charge in [-0.1, -0.05) is 43.0 Å². The van der Waals surface area contributed by atoms with Crippen molar-refractivity contribution in [2.45, 2.75) is 37.4 Å². The first-order valence-electron chi connectivity index (χ1n) is 9.12. The number of hydrogen-bond acceptors (Lipinski definition) is 4. The molecule has 1 aliphatic rings. The van der Waals surface area contributed by atoms with E-state index < -0.39 is 0 Å². The SMILES string of the molecule is CCc1ccc(-n2c(SC[C@@H]3CCCO3)nc3ccccc3c2=O)cc1. The topological polar surface area (TPSA) is 44.1 Å². The van der Waals surface area contributed by atoms with Crippen molar-refractivity contribution in [3.63, 3.8) is 0 Å². The van der Waals surface area contributed by atoms with Crippen LogP contribution in [0.25, 0.3) is 16.6 Å². The average molecular weight is 366 g/mol. The van der Waals surface area contributed by atoms with Crippen LogP contribution in [0.4, 0.5) is 0 Å². The van der Waals surface area contributed by atoms with Gasteiger partial charge in [0.05, 0.1) is 22.7 Å². The first kappa shape index (κ1) is 17.3. The zero-order valence-corrected chi connectivity index (χ0v) is 15.7. The molecule has 1 fully saturated rings. The number of ether oxygens (including phenoxy) is 1. The van der Waals surface area contributed by atoms with Crippen molar-refractivity contribution in [1.29, 1.82) is 0 Å². The largest absolute Gasteiger partial charge is 0.377 e. The first-order chi connectivity index (χ1) is 12.8. The third-order valence-electron chi connectivity index (χ3n) is 4.77. The average Bonchev–Trinajstić information content (AvgIpc) is 3.20. The summed E-state index contributed by atoms with van der Waals surface area (Å²) in [6, 6.07) is 15.7. The van der Waals surface area contributed by atoms with Gasteiger partial charge in [0.2, 0.25) is 0 Å². The highest BCUT2D eigenvalue weighted by Gasteiger charge is 2.19. The quantitative estimate of drug-likeness (QED) is 0.501. The third kappa shape index (κ3) is 3.41. The molecule has 2 heterocycles. The molecule has 0 N–H and O–H groups in total. The Labute approximate surface area is 157 Å². The molecule has 0 radical (unpaired) electrons. The molecule has 0 aliphatic carbocycles. The number of aryl methyl sites for hydroxylation is 1. The number of fused-ring (bicyclic) bond motifs is 1. The highest BCUT2D eigenvalue weighted by Crippen LogP contribution is 2.25. The minimum atomic E-state index is -0.0188. The maximum atomic E-state index is 13.2. The lowest BCUT2D eigenvalue weighted by Gasteiger charge is -2.15. The maximum absolute atomic E-state index is 13.2. The summed E-state index contributed by atoms with van der Waals surface area (Å²) in [6.07, 6.45) is 3.42. The molecule has 4 rings (SSSR count). The van der Waals surface area contributed by atoms with Crippen molar-refractivity contribution in [2.24, 2.45) is 0 Å². The minimum absolute atomic E-state index is 0.0188. The second-order valence-electron chi connectivity index (χ2n) is 6.52. The third-order valence-corrected chi connectivity index (χ3v) is 5.84. The normalized spacial score (nSPS) is 17.0. The van der Waals surface area contributed by atoms with Crippen LogP contribution >= 0.6 is 11.8 Å². The molecular weight excluding hydrogens is 344 g/mol. The highest BCUT2D eigenvalue weighted by atomic mass is 32.2. The van der Waals surface area contributed by atoms with E-state index >= 15 is 0 Å². The lowest BCUT2D eigenvalue weighted by molar-refractivity contribution is 0.129. The molecule has 0 amide bonds. The summed E-state index contributed by atoms with van der Waals surface area (Å²) in [5.74, 6) is 0.817. The summed E-state index contributed by atoms with van der Waals surface area (Å²) in [6.45, 7) is 2.96. The van der Waals surface area contributed by atoms with Gasteiger partial charge in [-0.3, -0.25) is 9.36 Å². The number of hydrogen-bond donors (Lipinski definition) is 0. The van der Waals surface area contributed by atoms with E-state index in [2.05, 4.69) is 19.1 Å². The number of thioether (sulfide) groups is 1. The van der Waals surface area contributed by atoms with Crippen LogP contribution in [0.1, 0.15) is 25.3 Å². The summed E-state index contributed by atoms with van der Waals surface area (Å²) in [4.78, 5) is 18.0. The Morgan fingerprint density at radius 2 is 2.00 bits per heavy atom. The Morgan fingerprint density at radius 3 is 2.73 bits per heavy atom. The van der Waals surface area contributed by atoms with Gasteiger partial charge in [-0.2, -0.15) is 0 Å². The summed E-state index contributed by atoms with van der Waals surface area (Å²) < 4.78 is 7.47. The molecule has 1 aliphatic heterocycles. The number of aromatic nitrogens is 2. The molecule has 1 saturated heterocycles. The molecule has 1 atom stereocenters. The summed E-state index contributed by atoms with van der Waals surface area (Å²) >= 11 is 1.60. The fraction of sp³-hybridized carbons (Fsp3) is 0.333. The standard InChI is InChI=1S/C21H22N2O2S/c1-2-15-9-11-16(12-10-15)23-20(24)18-7-3-4-8-19(18)22-21(23)26-14-17-6-5-13-25-17/h3-4,7-12,17H,2,5-6,13-14H2,1H3/t17-/m0/s1. The van der Waals surface area contributed by atoms with E-state index in [9.17, 15) is 4.79 Å². The predicted molar refractivity (Wildman–Crippen MR) is 106 cm³/mol. The van der Waals surface area contributed by atoms with E-state index in [1.165, 1.54) is 5.56 Å². The molecule has 0 saturated carbocycles. The van der Waals surface area contributed by atoms with Crippen LogP contribution in [0.3, 0.4) is 0 Å². The van der Waals surface area contributed by atoms with E-state index in [0.29, 0.717) is 5.39 Å². The van der Waals surface area contributed by atoms with Gasteiger partial charge in [0.1, 0.15) is 0 Å². The molecule has 4 nitrogen and oxygen atoms in total. The molecule has 26 heavy (non-hydrogen) atoms. The van der Waals surface area contributed by atoms with Crippen LogP contribution in [0, 0.1) is 0 Å². The Kier molecular flexibility index (Phi) is 5.09. The molecule has 0 bridgehead atoms. The van der Waals surface area contributed by atoms with Gasteiger partial charge < -0.3 is 4.74 Å². The minimum Gasteiger partial charge on any atom is -0.377 e. The second kappa shape index (κ2) is 7.64. The van der Waals surface area contributed by atoms with Gasteiger partial charge in [-0.15, -0.1) is 0 Å². The highest BCUT2D eigenvalue weighted by molar-refractivity contribution is 7.99. The van der Waals surface area contributed by atoms with Crippen LogP contribution in [0.2, 0.25) is 0 Å².